The van der Waals surface area contributed by atoms with Crippen LogP contribution in [0.5, 0.6) is 5.75 Å². The van der Waals surface area contributed by atoms with E-state index >= 15 is 0 Å². The zero-order chi connectivity index (χ0) is 18.2. The topological polar surface area (TPSA) is 27.1 Å². The number of ether oxygens (including phenoxy) is 1. The van der Waals surface area contributed by atoms with Crippen molar-refractivity contribution in [3.63, 3.8) is 0 Å². The van der Waals surface area contributed by atoms with E-state index in [0.29, 0.717) is 6.61 Å². The van der Waals surface area contributed by atoms with Crippen LogP contribution in [0.15, 0.2) is 78.9 Å². The molecule has 0 bridgehead atoms. The van der Waals surface area contributed by atoms with Gasteiger partial charge in [-0.25, -0.2) is 4.98 Å². The molecule has 0 saturated carbocycles. The van der Waals surface area contributed by atoms with Gasteiger partial charge in [0.05, 0.1) is 24.5 Å². The standard InChI is InChI=1S/C24H20N2O.ClH/c1-2-27-20-14-12-17(13-15-20)22-23(18-8-4-3-5-9-18)26-16-19-10-6-7-11-21(19)24(26)25-22;/h3-15H,2,16H2,1H3;1H/p-1. The summed E-state index contributed by atoms with van der Waals surface area (Å²) < 4.78 is 7.93. The molecule has 0 radical (unpaired) electrons. The second-order valence-electron chi connectivity index (χ2n) is 6.70. The minimum atomic E-state index is 0. The number of nitrogens with zero attached hydrogens (tertiary/aromatic N) is 2. The van der Waals surface area contributed by atoms with Crippen molar-refractivity contribution in [3.8, 4) is 39.7 Å². The summed E-state index contributed by atoms with van der Waals surface area (Å²) in [6.07, 6.45) is 0. The van der Waals surface area contributed by atoms with Crippen LogP contribution in [-0.2, 0) is 6.54 Å². The van der Waals surface area contributed by atoms with Crippen LogP contribution in [-0.4, -0.2) is 16.2 Å². The first-order chi connectivity index (χ1) is 13.3. The van der Waals surface area contributed by atoms with E-state index in [1.807, 2.05) is 19.1 Å². The third kappa shape index (κ3) is 2.98. The van der Waals surface area contributed by atoms with Crippen molar-refractivity contribution in [1.29, 1.82) is 0 Å². The predicted molar refractivity (Wildman–Crippen MR) is 109 cm³/mol. The summed E-state index contributed by atoms with van der Waals surface area (Å²) in [5.41, 5.74) is 7.05. The van der Waals surface area contributed by atoms with Gasteiger partial charge in [-0.15, -0.1) is 0 Å². The molecule has 2 heterocycles. The smallest absolute Gasteiger partial charge is 0.141 e. The first kappa shape index (κ1) is 18.3. The van der Waals surface area contributed by atoms with Gasteiger partial charge >= 0.3 is 0 Å². The van der Waals surface area contributed by atoms with E-state index in [9.17, 15) is 0 Å². The second kappa shape index (κ2) is 7.53. The minimum Gasteiger partial charge on any atom is -1.00 e. The molecule has 3 nitrogen and oxygen atoms in total. The van der Waals surface area contributed by atoms with Gasteiger partial charge in [-0.1, -0.05) is 54.6 Å². The Balaban J connectivity index is 0.00000192. The van der Waals surface area contributed by atoms with Gasteiger partial charge in [0.15, 0.2) is 0 Å². The molecule has 0 aliphatic carbocycles. The van der Waals surface area contributed by atoms with Crippen LogP contribution in [0, 0.1) is 0 Å². The second-order valence-corrected chi connectivity index (χ2v) is 6.70. The predicted octanol–water partition coefficient (Wildman–Crippen LogP) is 2.65. The lowest BCUT2D eigenvalue weighted by molar-refractivity contribution is -0.00000588. The third-order valence-corrected chi connectivity index (χ3v) is 5.04. The zero-order valence-electron chi connectivity index (χ0n) is 15.6. The Labute approximate surface area is 171 Å². The Kier molecular flexibility index (Phi) is 4.93. The van der Waals surface area contributed by atoms with Gasteiger partial charge in [-0.3, -0.25) is 0 Å². The summed E-state index contributed by atoms with van der Waals surface area (Å²) in [5.74, 6) is 1.94. The zero-order valence-corrected chi connectivity index (χ0v) is 16.4. The molecule has 140 valence electrons. The highest BCUT2D eigenvalue weighted by Gasteiger charge is 2.26. The Hall–Kier alpha value is -3.04. The summed E-state index contributed by atoms with van der Waals surface area (Å²) in [4.78, 5) is 5.08. The molecular formula is C24H20ClN2O-. The first-order valence-corrected chi connectivity index (χ1v) is 9.32. The molecule has 0 N–H and O–H groups in total. The number of rotatable bonds is 4. The summed E-state index contributed by atoms with van der Waals surface area (Å²) >= 11 is 0. The van der Waals surface area contributed by atoms with E-state index < -0.39 is 0 Å². The van der Waals surface area contributed by atoms with Crippen LogP contribution in [0.2, 0.25) is 0 Å². The molecular weight excluding hydrogens is 368 g/mol. The monoisotopic (exact) mass is 387 g/mol. The Morgan fingerprint density at radius 2 is 1.57 bits per heavy atom. The maximum Gasteiger partial charge on any atom is 0.141 e. The van der Waals surface area contributed by atoms with Gasteiger partial charge in [0.2, 0.25) is 0 Å². The van der Waals surface area contributed by atoms with E-state index in [1.54, 1.807) is 0 Å². The molecule has 0 unspecified atom stereocenters. The first-order valence-electron chi connectivity index (χ1n) is 9.32. The molecule has 3 aromatic carbocycles. The highest BCUT2D eigenvalue weighted by atomic mass is 35.5. The van der Waals surface area contributed by atoms with Crippen LogP contribution >= 0.6 is 0 Å². The molecule has 0 atom stereocenters. The quantitative estimate of drug-likeness (QED) is 0.474. The van der Waals surface area contributed by atoms with Crippen molar-refractivity contribution in [2.45, 2.75) is 13.5 Å². The number of aromatic nitrogens is 2. The van der Waals surface area contributed by atoms with E-state index in [4.69, 9.17) is 9.72 Å². The molecule has 4 aromatic rings. The lowest BCUT2D eigenvalue weighted by Crippen LogP contribution is -3.00. The fourth-order valence-corrected chi connectivity index (χ4v) is 3.82. The SMILES string of the molecule is CCOc1ccc(-c2nc3n(c2-c2ccccc2)Cc2ccccc2-3)cc1.[Cl-]. The van der Waals surface area contributed by atoms with E-state index in [0.717, 1.165) is 29.4 Å². The van der Waals surface area contributed by atoms with Gasteiger partial charge < -0.3 is 21.7 Å². The number of fused-ring (bicyclic) bond motifs is 3. The van der Waals surface area contributed by atoms with E-state index in [-0.39, 0.29) is 12.4 Å². The molecule has 0 saturated heterocycles. The Morgan fingerprint density at radius 3 is 2.32 bits per heavy atom. The molecule has 0 amide bonds. The minimum absolute atomic E-state index is 0. The number of benzene rings is 3. The number of hydrogen-bond acceptors (Lipinski definition) is 2. The van der Waals surface area contributed by atoms with E-state index in [1.165, 1.54) is 22.4 Å². The average molecular weight is 388 g/mol. The molecule has 5 rings (SSSR count). The molecule has 1 aromatic heterocycles. The number of imidazole rings is 1. The van der Waals surface area contributed by atoms with Crippen LogP contribution in [0.1, 0.15) is 12.5 Å². The third-order valence-electron chi connectivity index (χ3n) is 5.04. The Morgan fingerprint density at radius 1 is 0.857 bits per heavy atom. The van der Waals surface area contributed by atoms with Crippen molar-refractivity contribution < 1.29 is 17.1 Å². The maximum absolute atomic E-state index is 5.59. The summed E-state index contributed by atoms with van der Waals surface area (Å²) in [6, 6.07) is 27.3. The highest BCUT2D eigenvalue weighted by Crippen LogP contribution is 2.41. The van der Waals surface area contributed by atoms with Crippen LogP contribution in [0.25, 0.3) is 33.9 Å². The van der Waals surface area contributed by atoms with Gasteiger partial charge in [0.1, 0.15) is 11.6 Å². The van der Waals surface area contributed by atoms with Crippen LogP contribution < -0.4 is 17.1 Å². The normalized spacial score (nSPS) is 11.5. The van der Waals surface area contributed by atoms with Gasteiger partial charge in [0, 0.05) is 16.7 Å². The maximum atomic E-state index is 5.59. The van der Waals surface area contributed by atoms with Gasteiger partial charge in [0.25, 0.3) is 0 Å². The summed E-state index contributed by atoms with van der Waals surface area (Å²) in [6.45, 7) is 3.53. The van der Waals surface area contributed by atoms with Crippen molar-refractivity contribution in [3.05, 3.63) is 84.4 Å². The molecule has 1 aliphatic rings. The fourth-order valence-electron chi connectivity index (χ4n) is 3.82. The molecule has 0 spiro atoms. The number of hydrogen-bond donors (Lipinski definition) is 0. The molecule has 1 aliphatic heterocycles. The number of halogens is 1. The van der Waals surface area contributed by atoms with E-state index in [2.05, 4.69) is 71.3 Å². The van der Waals surface area contributed by atoms with Crippen molar-refractivity contribution in [2.75, 3.05) is 6.61 Å². The summed E-state index contributed by atoms with van der Waals surface area (Å²) in [5, 5.41) is 0. The van der Waals surface area contributed by atoms with Crippen molar-refractivity contribution in [1.82, 2.24) is 9.55 Å². The highest BCUT2D eigenvalue weighted by molar-refractivity contribution is 5.84. The fraction of sp³-hybridized carbons (Fsp3) is 0.125. The molecule has 4 heteroatoms. The Bertz CT molecular complexity index is 1100. The summed E-state index contributed by atoms with van der Waals surface area (Å²) in [7, 11) is 0. The molecule has 0 fully saturated rings. The van der Waals surface area contributed by atoms with Gasteiger partial charge in [-0.05, 0) is 36.8 Å². The van der Waals surface area contributed by atoms with Crippen molar-refractivity contribution >= 4 is 0 Å². The van der Waals surface area contributed by atoms with Crippen molar-refractivity contribution in [2.24, 2.45) is 0 Å². The largest absolute Gasteiger partial charge is 1.00 e. The average Bonchev–Trinajstić information content (AvgIpc) is 3.25. The lowest BCUT2D eigenvalue weighted by atomic mass is 10.0. The van der Waals surface area contributed by atoms with Gasteiger partial charge in [-0.2, -0.15) is 0 Å². The lowest BCUT2D eigenvalue weighted by Gasteiger charge is -2.09. The van der Waals surface area contributed by atoms with Crippen LogP contribution in [0.4, 0.5) is 0 Å². The van der Waals surface area contributed by atoms with Crippen LogP contribution in [0.3, 0.4) is 0 Å². The molecule has 28 heavy (non-hydrogen) atoms.